The molecule has 6 heteroatoms. The van der Waals surface area contributed by atoms with E-state index in [2.05, 4.69) is 11.8 Å². The molecule has 2 fully saturated rings. The lowest BCUT2D eigenvalue weighted by molar-refractivity contribution is 0.0944. The van der Waals surface area contributed by atoms with Gasteiger partial charge in [0, 0.05) is 25.7 Å². The van der Waals surface area contributed by atoms with E-state index in [-0.39, 0.29) is 0 Å². The van der Waals surface area contributed by atoms with E-state index in [1.807, 2.05) is 0 Å². The maximum atomic E-state index is 12.8. The van der Waals surface area contributed by atoms with Crippen molar-refractivity contribution in [3.05, 3.63) is 24.3 Å². The van der Waals surface area contributed by atoms with Gasteiger partial charge in [-0.05, 0) is 62.4 Å². The Morgan fingerprint density at radius 3 is 2.29 bits per heavy atom. The number of hydrogen-bond donors (Lipinski definition) is 0. The fraction of sp³-hybridized carbons (Fsp3) is 0.667. The van der Waals surface area contributed by atoms with Crippen LogP contribution in [0.4, 0.5) is 0 Å². The van der Waals surface area contributed by atoms with Crippen molar-refractivity contribution in [3.63, 3.8) is 0 Å². The van der Waals surface area contributed by atoms with E-state index in [9.17, 15) is 8.42 Å². The lowest BCUT2D eigenvalue weighted by atomic mass is 9.96. The average Bonchev–Trinajstić information content (AvgIpc) is 2.62. The molecule has 5 nitrogen and oxygen atoms in total. The maximum Gasteiger partial charge on any atom is 0.243 e. The van der Waals surface area contributed by atoms with Crippen LogP contribution in [0.15, 0.2) is 29.2 Å². The Morgan fingerprint density at radius 2 is 1.71 bits per heavy atom. The summed E-state index contributed by atoms with van der Waals surface area (Å²) in [6.45, 7) is 5.87. The van der Waals surface area contributed by atoms with Crippen molar-refractivity contribution in [2.45, 2.75) is 43.5 Å². The normalized spacial score (nSPS) is 24.8. The molecule has 2 aliphatic rings. The second-order valence-corrected chi connectivity index (χ2v) is 8.99. The molecule has 0 N–H and O–H groups in total. The average molecular weight is 353 g/mol. The topological polar surface area (TPSA) is 49.9 Å². The van der Waals surface area contributed by atoms with Crippen LogP contribution < -0.4 is 4.74 Å². The first kappa shape index (κ1) is 17.7. The molecule has 0 aromatic heterocycles. The molecule has 0 saturated carbocycles. The number of hydrogen-bond acceptors (Lipinski definition) is 4. The Bertz CT molecular complexity index is 637. The van der Waals surface area contributed by atoms with Gasteiger partial charge >= 0.3 is 0 Å². The highest BCUT2D eigenvalue weighted by atomic mass is 32.2. The molecule has 24 heavy (non-hydrogen) atoms. The molecular formula is C18H28N2O3S. The molecule has 2 aliphatic heterocycles. The highest BCUT2D eigenvalue weighted by molar-refractivity contribution is 7.89. The summed E-state index contributed by atoms with van der Waals surface area (Å²) in [6, 6.07) is 7.21. The van der Waals surface area contributed by atoms with Crippen molar-refractivity contribution in [3.8, 4) is 5.75 Å². The molecule has 0 bridgehead atoms. The van der Waals surface area contributed by atoms with Crippen LogP contribution >= 0.6 is 0 Å². The Labute approximate surface area is 145 Å². The van der Waals surface area contributed by atoms with Crippen LogP contribution in [0.5, 0.6) is 5.75 Å². The van der Waals surface area contributed by atoms with E-state index in [0.29, 0.717) is 29.8 Å². The summed E-state index contributed by atoms with van der Waals surface area (Å²) in [5.74, 6) is 1.44. The van der Waals surface area contributed by atoms with Gasteiger partial charge in [-0.15, -0.1) is 0 Å². The number of piperidine rings is 2. The van der Waals surface area contributed by atoms with E-state index in [0.717, 1.165) is 25.3 Å². The van der Waals surface area contributed by atoms with E-state index in [4.69, 9.17) is 4.74 Å². The van der Waals surface area contributed by atoms with Gasteiger partial charge in [-0.3, -0.25) is 0 Å². The van der Waals surface area contributed by atoms with Gasteiger partial charge in [-0.1, -0.05) is 6.92 Å². The Kier molecular flexibility index (Phi) is 5.47. The fourth-order valence-electron chi connectivity index (χ4n) is 3.90. The highest BCUT2D eigenvalue weighted by Crippen LogP contribution is 2.27. The van der Waals surface area contributed by atoms with Gasteiger partial charge in [-0.2, -0.15) is 4.31 Å². The van der Waals surface area contributed by atoms with Crippen LogP contribution in [0.1, 0.15) is 32.6 Å². The zero-order chi connectivity index (χ0) is 17.2. The summed E-state index contributed by atoms with van der Waals surface area (Å²) < 4.78 is 32.3. The number of benzene rings is 1. The molecule has 2 saturated heterocycles. The second kappa shape index (κ2) is 7.42. The van der Waals surface area contributed by atoms with Crippen LogP contribution in [0.3, 0.4) is 0 Å². The molecule has 0 aliphatic carbocycles. The minimum Gasteiger partial charge on any atom is -0.497 e. The van der Waals surface area contributed by atoms with Crippen molar-refractivity contribution in [1.82, 2.24) is 9.21 Å². The first-order valence-electron chi connectivity index (χ1n) is 8.89. The summed E-state index contributed by atoms with van der Waals surface area (Å²) in [7, 11) is -1.81. The molecule has 0 unspecified atom stereocenters. The van der Waals surface area contributed by atoms with Crippen molar-refractivity contribution >= 4 is 10.0 Å². The highest BCUT2D eigenvalue weighted by Gasteiger charge is 2.32. The van der Waals surface area contributed by atoms with Crippen molar-refractivity contribution < 1.29 is 13.2 Å². The third-order valence-corrected chi connectivity index (χ3v) is 7.24. The third kappa shape index (κ3) is 3.76. The SMILES string of the molecule is COc1ccc(S(=O)(=O)N2CCC(N3CCC[C@@H](C)C3)CC2)cc1. The second-order valence-electron chi connectivity index (χ2n) is 7.05. The Morgan fingerprint density at radius 1 is 1.04 bits per heavy atom. The van der Waals surface area contributed by atoms with Gasteiger partial charge in [-0.25, -0.2) is 8.42 Å². The van der Waals surface area contributed by atoms with E-state index in [1.54, 1.807) is 35.7 Å². The first-order chi connectivity index (χ1) is 11.5. The van der Waals surface area contributed by atoms with E-state index >= 15 is 0 Å². The molecule has 3 rings (SSSR count). The number of nitrogens with zero attached hydrogens (tertiary/aromatic N) is 2. The largest absolute Gasteiger partial charge is 0.497 e. The van der Waals surface area contributed by atoms with Crippen LogP contribution in [-0.2, 0) is 10.0 Å². The van der Waals surface area contributed by atoms with E-state index < -0.39 is 10.0 Å². The Hall–Kier alpha value is -1.11. The Balaban J connectivity index is 1.62. The number of rotatable bonds is 4. The van der Waals surface area contributed by atoms with Crippen LogP contribution in [0.25, 0.3) is 0 Å². The van der Waals surface area contributed by atoms with Crippen molar-refractivity contribution in [2.24, 2.45) is 5.92 Å². The van der Waals surface area contributed by atoms with E-state index in [1.165, 1.54) is 19.4 Å². The van der Waals surface area contributed by atoms with Crippen molar-refractivity contribution in [1.29, 1.82) is 0 Å². The van der Waals surface area contributed by atoms with Crippen LogP contribution in [-0.4, -0.2) is 57.0 Å². The quantitative estimate of drug-likeness (QED) is 0.836. The van der Waals surface area contributed by atoms with Gasteiger partial charge in [0.15, 0.2) is 0 Å². The number of likely N-dealkylation sites (tertiary alicyclic amines) is 1. The predicted molar refractivity (Wildman–Crippen MR) is 94.7 cm³/mol. The fourth-order valence-corrected chi connectivity index (χ4v) is 5.37. The third-order valence-electron chi connectivity index (χ3n) is 5.33. The molecular weight excluding hydrogens is 324 g/mol. The minimum absolute atomic E-state index is 0.355. The number of sulfonamides is 1. The molecule has 2 heterocycles. The molecule has 1 aromatic rings. The van der Waals surface area contributed by atoms with Crippen molar-refractivity contribution in [2.75, 3.05) is 33.3 Å². The lowest BCUT2D eigenvalue weighted by Gasteiger charge is -2.41. The minimum atomic E-state index is -3.39. The van der Waals surface area contributed by atoms with Gasteiger partial charge in [0.1, 0.15) is 5.75 Å². The molecule has 0 spiro atoms. The monoisotopic (exact) mass is 352 g/mol. The first-order valence-corrected chi connectivity index (χ1v) is 10.3. The number of methoxy groups -OCH3 is 1. The van der Waals surface area contributed by atoms with Crippen LogP contribution in [0, 0.1) is 5.92 Å². The summed E-state index contributed by atoms with van der Waals surface area (Å²) in [5.41, 5.74) is 0. The summed E-state index contributed by atoms with van der Waals surface area (Å²) >= 11 is 0. The summed E-state index contributed by atoms with van der Waals surface area (Å²) in [4.78, 5) is 2.93. The zero-order valence-electron chi connectivity index (χ0n) is 14.6. The summed E-state index contributed by atoms with van der Waals surface area (Å²) in [6.07, 6.45) is 4.46. The molecule has 134 valence electrons. The summed E-state index contributed by atoms with van der Waals surface area (Å²) in [5, 5.41) is 0. The van der Waals surface area contributed by atoms with Gasteiger partial charge < -0.3 is 9.64 Å². The maximum absolute atomic E-state index is 12.8. The molecule has 0 amide bonds. The van der Waals surface area contributed by atoms with Gasteiger partial charge in [0.25, 0.3) is 0 Å². The smallest absolute Gasteiger partial charge is 0.243 e. The molecule has 0 radical (unpaired) electrons. The van der Waals surface area contributed by atoms with Gasteiger partial charge in [0.2, 0.25) is 10.0 Å². The number of ether oxygens (including phenoxy) is 1. The molecule has 1 aromatic carbocycles. The van der Waals surface area contributed by atoms with Gasteiger partial charge in [0.05, 0.1) is 12.0 Å². The molecule has 1 atom stereocenters. The zero-order valence-corrected chi connectivity index (χ0v) is 15.5. The lowest BCUT2D eigenvalue weighted by Crippen LogP contribution is -2.49. The predicted octanol–water partition coefficient (Wildman–Crippen LogP) is 2.58. The standard InChI is InChI=1S/C18H28N2O3S/c1-15-4-3-11-19(14-15)16-9-12-20(13-10-16)24(21,22)18-7-5-17(23-2)6-8-18/h5-8,15-16H,3-4,9-14H2,1-2H3/t15-/m1/s1. The van der Waals surface area contributed by atoms with Crippen LogP contribution in [0.2, 0.25) is 0 Å².